The van der Waals surface area contributed by atoms with Gasteiger partial charge in [0, 0.05) is 41.4 Å². The van der Waals surface area contributed by atoms with Crippen LogP contribution in [-0.2, 0) is 24.1 Å². The maximum absolute atomic E-state index is 12.8. The quantitative estimate of drug-likeness (QED) is 0.741. The molecular formula is C22H22ClN3O. The van der Waals surface area contributed by atoms with Crippen LogP contribution in [0.2, 0.25) is 5.02 Å². The van der Waals surface area contributed by atoms with E-state index in [0.717, 1.165) is 35.4 Å². The maximum atomic E-state index is 12.8. The summed E-state index contributed by atoms with van der Waals surface area (Å²) < 4.78 is 0. The number of carbonyl (C=O) groups is 1. The maximum Gasteiger partial charge on any atom is 0.227 e. The van der Waals surface area contributed by atoms with E-state index in [1.807, 2.05) is 29.2 Å². The standard InChI is InChI=1S/C22H22ClN3O/c1-15-6-8-16(9-7-15)22-18-10-12-26(13-11-20(18)24-25-22)21(27)14-17-4-2-3-5-19(17)23/h2-9H,10-14H2,1H3,(H,24,25). The first kappa shape index (κ1) is 17.8. The van der Waals surface area contributed by atoms with E-state index < -0.39 is 0 Å². The van der Waals surface area contributed by atoms with Gasteiger partial charge in [-0.25, -0.2) is 0 Å². The molecule has 1 aromatic heterocycles. The highest BCUT2D eigenvalue weighted by Crippen LogP contribution is 2.27. The number of aryl methyl sites for hydroxylation is 1. The summed E-state index contributed by atoms with van der Waals surface area (Å²) >= 11 is 6.21. The molecule has 0 unspecified atom stereocenters. The van der Waals surface area contributed by atoms with E-state index in [4.69, 9.17) is 11.6 Å². The molecule has 138 valence electrons. The van der Waals surface area contributed by atoms with Gasteiger partial charge >= 0.3 is 0 Å². The molecule has 3 aromatic rings. The molecule has 1 aliphatic rings. The van der Waals surface area contributed by atoms with E-state index in [1.54, 1.807) is 0 Å². The molecule has 0 spiro atoms. The van der Waals surface area contributed by atoms with Crippen LogP contribution < -0.4 is 0 Å². The van der Waals surface area contributed by atoms with Crippen LogP contribution in [0.3, 0.4) is 0 Å². The molecule has 1 amide bonds. The van der Waals surface area contributed by atoms with Gasteiger partial charge in [0.1, 0.15) is 0 Å². The molecule has 0 radical (unpaired) electrons. The Hall–Kier alpha value is -2.59. The number of halogens is 1. The second-order valence-electron chi connectivity index (χ2n) is 7.04. The van der Waals surface area contributed by atoms with Crippen LogP contribution in [-0.4, -0.2) is 34.1 Å². The lowest BCUT2D eigenvalue weighted by Crippen LogP contribution is -2.34. The van der Waals surface area contributed by atoms with Crippen molar-refractivity contribution in [3.05, 3.63) is 75.9 Å². The van der Waals surface area contributed by atoms with Crippen LogP contribution in [0.25, 0.3) is 11.3 Å². The molecule has 0 fully saturated rings. The Kier molecular flexibility index (Phi) is 4.99. The van der Waals surface area contributed by atoms with Crippen molar-refractivity contribution in [3.8, 4) is 11.3 Å². The number of amides is 1. The zero-order valence-corrected chi connectivity index (χ0v) is 16.1. The number of hydrogen-bond acceptors (Lipinski definition) is 2. The van der Waals surface area contributed by atoms with Gasteiger partial charge in [-0.15, -0.1) is 0 Å². The van der Waals surface area contributed by atoms with Crippen molar-refractivity contribution in [3.63, 3.8) is 0 Å². The number of aromatic amines is 1. The average molecular weight is 380 g/mol. The van der Waals surface area contributed by atoms with Gasteiger partial charge < -0.3 is 4.90 Å². The van der Waals surface area contributed by atoms with Crippen molar-refractivity contribution in [1.29, 1.82) is 0 Å². The monoisotopic (exact) mass is 379 g/mol. The van der Waals surface area contributed by atoms with Crippen LogP contribution in [0.5, 0.6) is 0 Å². The van der Waals surface area contributed by atoms with Crippen molar-refractivity contribution < 1.29 is 4.79 Å². The zero-order chi connectivity index (χ0) is 18.8. The molecule has 2 heterocycles. The Labute approximate surface area is 164 Å². The lowest BCUT2D eigenvalue weighted by Gasteiger charge is -2.20. The molecule has 4 rings (SSSR count). The Morgan fingerprint density at radius 1 is 1.11 bits per heavy atom. The summed E-state index contributed by atoms with van der Waals surface area (Å²) in [4.78, 5) is 14.7. The van der Waals surface area contributed by atoms with Crippen molar-refractivity contribution in [2.45, 2.75) is 26.2 Å². The Morgan fingerprint density at radius 2 is 1.85 bits per heavy atom. The summed E-state index contributed by atoms with van der Waals surface area (Å²) in [5.41, 5.74) is 6.61. The van der Waals surface area contributed by atoms with E-state index in [9.17, 15) is 4.79 Å². The van der Waals surface area contributed by atoms with E-state index >= 15 is 0 Å². The summed E-state index contributed by atoms with van der Waals surface area (Å²) in [6.45, 7) is 3.48. The third kappa shape index (κ3) is 3.76. The van der Waals surface area contributed by atoms with Crippen molar-refractivity contribution in [1.82, 2.24) is 15.1 Å². The molecule has 5 heteroatoms. The van der Waals surface area contributed by atoms with Crippen LogP contribution in [0.4, 0.5) is 0 Å². The van der Waals surface area contributed by atoms with Crippen molar-refractivity contribution >= 4 is 17.5 Å². The number of nitrogens with one attached hydrogen (secondary N) is 1. The molecule has 0 aliphatic carbocycles. The normalized spacial score (nSPS) is 13.9. The van der Waals surface area contributed by atoms with Crippen LogP contribution >= 0.6 is 11.6 Å². The topological polar surface area (TPSA) is 49.0 Å². The second-order valence-corrected chi connectivity index (χ2v) is 7.45. The first-order chi connectivity index (χ1) is 13.1. The average Bonchev–Trinajstić information content (AvgIpc) is 2.95. The molecule has 27 heavy (non-hydrogen) atoms. The van der Waals surface area contributed by atoms with Gasteiger partial charge in [0.05, 0.1) is 12.1 Å². The molecule has 0 atom stereocenters. The Morgan fingerprint density at radius 3 is 2.63 bits per heavy atom. The number of rotatable bonds is 3. The molecule has 0 saturated heterocycles. The van der Waals surface area contributed by atoms with Crippen LogP contribution in [0, 0.1) is 6.92 Å². The summed E-state index contributed by atoms with van der Waals surface area (Å²) in [7, 11) is 0. The number of nitrogens with zero attached hydrogens (tertiary/aromatic N) is 2. The molecule has 0 saturated carbocycles. The minimum absolute atomic E-state index is 0.123. The highest BCUT2D eigenvalue weighted by molar-refractivity contribution is 6.31. The molecule has 4 nitrogen and oxygen atoms in total. The molecular weight excluding hydrogens is 358 g/mol. The first-order valence-corrected chi connectivity index (χ1v) is 9.64. The summed E-state index contributed by atoms with van der Waals surface area (Å²) in [5, 5.41) is 8.38. The lowest BCUT2D eigenvalue weighted by molar-refractivity contribution is -0.130. The number of fused-ring (bicyclic) bond motifs is 1. The predicted octanol–water partition coefficient (Wildman–Crippen LogP) is 4.21. The summed E-state index contributed by atoms with van der Waals surface area (Å²) in [5.74, 6) is 0.123. The molecule has 1 N–H and O–H groups in total. The smallest absolute Gasteiger partial charge is 0.227 e. The fourth-order valence-electron chi connectivity index (χ4n) is 3.60. The second kappa shape index (κ2) is 7.57. The highest BCUT2D eigenvalue weighted by atomic mass is 35.5. The number of carbonyl (C=O) groups excluding carboxylic acids is 1. The van der Waals surface area contributed by atoms with E-state index in [1.165, 1.54) is 11.1 Å². The Bertz CT molecular complexity index is 962. The minimum Gasteiger partial charge on any atom is -0.342 e. The van der Waals surface area contributed by atoms with Gasteiger partial charge in [-0.3, -0.25) is 9.89 Å². The number of hydrogen-bond donors (Lipinski definition) is 1. The van der Waals surface area contributed by atoms with E-state index in [-0.39, 0.29) is 5.91 Å². The van der Waals surface area contributed by atoms with Gasteiger partial charge in [-0.05, 0) is 25.0 Å². The summed E-state index contributed by atoms with van der Waals surface area (Å²) in [6, 6.07) is 16.0. The van der Waals surface area contributed by atoms with Gasteiger partial charge in [0.25, 0.3) is 0 Å². The van der Waals surface area contributed by atoms with Crippen LogP contribution in [0.15, 0.2) is 48.5 Å². The van der Waals surface area contributed by atoms with E-state index in [0.29, 0.717) is 24.5 Å². The largest absolute Gasteiger partial charge is 0.342 e. The predicted molar refractivity (Wildman–Crippen MR) is 108 cm³/mol. The fraction of sp³-hybridized carbons (Fsp3) is 0.273. The molecule has 2 aromatic carbocycles. The van der Waals surface area contributed by atoms with Gasteiger partial charge in [0.2, 0.25) is 5.91 Å². The van der Waals surface area contributed by atoms with Gasteiger partial charge in [-0.1, -0.05) is 59.6 Å². The number of H-pyrrole nitrogens is 1. The SMILES string of the molecule is Cc1ccc(-c2n[nH]c3c2CCN(C(=O)Cc2ccccc2Cl)CC3)cc1. The lowest BCUT2D eigenvalue weighted by atomic mass is 10.0. The number of benzene rings is 2. The van der Waals surface area contributed by atoms with Crippen molar-refractivity contribution in [2.75, 3.05) is 13.1 Å². The number of aromatic nitrogens is 2. The third-order valence-corrected chi connectivity index (χ3v) is 5.56. The van der Waals surface area contributed by atoms with E-state index in [2.05, 4.69) is 41.4 Å². The Balaban J connectivity index is 1.49. The van der Waals surface area contributed by atoms with Gasteiger partial charge in [-0.2, -0.15) is 5.10 Å². The fourth-order valence-corrected chi connectivity index (χ4v) is 3.80. The third-order valence-electron chi connectivity index (χ3n) is 5.19. The summed E-state index contributed by atoms with van der Waals surface area (Å²) in [6.07, 6.45) is 1.95. The van der Waals surface area contributed by atoms with Crippen molar-refractivity contribution in [2.24, 2.45) is 0 Å². The minimum atomic E-state index is 0.123. The molecule has 0 bridgehead atoms. The zero-order valence-electron chi connectivity index (χ0n) is 15.3. The van der Waals surface area contributed by atoms with Gasteiger partial charge in [0.15, 0.2) is 0 Å². The molecule has 1 aliphatic heterocycles. The highest BCUT2D eigenvalue weighted by Gasteiger charge is 2.23. The van der Waals surface area contributed by atoms with Crippen LogP contribution in [0.1, 0.15) is 22.4 Å². The first-order valence-electron chi connectivity index (χ1n) is 9.26.